The van der Waals surface area contributed by atoms with Crippen LogP contribution in [0.3, 0.4) is 0 Å². The third kappa shape index (κ3) is 7.62. The second kappa shape index (κ2) is 12.0. The van der Waals surface area contributed by atoms with Crippen LogP contribution >= 0.6 is 0 Å². The largest absolute Gasteiger partial charge is 0.0778 e. The normalized spacial score (nSPS) is 21.7. The van der Waals surface area contributed by atoms with Gasteiger partial charge in [-0.05, 0) is 85.5 Å². The molecule has 166 valence electrons. The number of aryl methyl sites for hydroxylation is 2. The van der Waals surface area contributed by atoms with E-state index in [-0.39, 0.29) is 0 Å². The summed E-state index contributed by atoms with van der Waals surface area (Å²) < 4.78 is 0. The van der Waals surface area contributed by atoms with Crippen molar-refractivity contribution in [3.8, 4) is 0 Å². The Balaban J connectivity index is 0.000000526. The third-order valence-electron chi connectivity index (χ3n) is 6.08. The standard InChI is InChI=1S/C22H32.C4H10.C3H8/c1-6-7-8-17-12-16(3)21-18(13-17)14-22(4,5)20-10-9-15(2)11-19(20)21;1-4(2)3;1-3-2/h11-13,19-20H,6-10,14H2,1-5H3;4H,1-3H3;3H2,1-2H3. The van der Waals surface area contributed by atoms with Crippen molar-refractivity contribution >= 4 is 0 Å². The van der Waals surface area contributed by atoms with E-state index >= 15 is 0 Å². The SMILES string of the molecule is CC(C)C.CCC.CCCCc1cc(C)c2c(c1)CC(C)(C)C1CCC(C)=CC21. The van der Waals surface area contributed by atoms with E-state index in [0.717, 1.165) is 11.8 Å². The molecule has 0 nitrogen and oxygen atoms in total. The summed E-state index contributed by atoms with van der Waals surface area (Å²) in [4.78, 5) is 0. The van der Waals surface area contributed by atoms with Crippen LogP contribution in [0, 0.1) is 24.2 Å². The highest BCUT2D eigenvalue weighted by atomic mass is 14.5. The van der Waals surface area contributed by atoms with Crippen molar-refractivity contribution in [2.45, 2.75) is 120 Å². The number of allylic oxidation sites excluding steroid dienone is 2. The fourth-order valence-electron chi connectivity index (χ4n) is 4.95. The number of fused-ring (bicyclic) bond motifs is 3. The molecule has 0 spiro atoms. The van der Waals surface area contributed by atoms with E-state index in [0.29, 0.717) is 11.3 Å². The van der Waals surface area contributed by atoms with Gasteiger partial charge in [0.25, 0.3) is 0 Å². The summed E-state index contributed by atoms with van der Waals surface area (Å²) in [5.41, 5.74) is 8.44. The molecule has 0 radical (unpaired) electrons. The van der Waals surface area contributed by atoms with Crippen molar-refractivity contribution in [2.24, 2.45) is 17.3 Å². The predicted molar refractivity (Wildman–Crippen MR) is 133 cm³/mol. The van der Waals surface area contributed by atoms with Crippen molar-refractivity contribution in [3.63, 3.8) is 0 Å². The first kappa shape index (κ1) is 26.0. The Hall–Kier alpha value is -1.04. The molecule has 1 aromatic carbocycles. The lowest BCUT2D eigenvalue weighted by Gasteiger charge is -2.47. The molecule has 1 aromatic rings. The smallest absolute Gasteiger partial charge is 0.00595 e. The van der Waals surface area contributed by atoms with Crippen LogP contribution in [0.2, 0.25) is 0 Å². The van der Waals surface area contributed by atoms with E-state index in [9.17, 15) is 0 Å². The molecule has 0 saturated heterocycles. The second-order valence-corrected chi connectivity index (χ2v) is 10.9. The number of hydrogen-bond donors (Lipinski definition) is 0. The molecule has 0 fully saturated rings. The lowest BCUT2D eigenvalue weighted by molar-refractivity contribution is 0.157. The van der Waals surface area contributed by atoms with E-state index in [2.05, 4.69) is 87.4 Å². The quantitative estimate of drug-likeness (QED) is 0.445. The summed E-state index contributed by atoms with van der Waals surface area (Å²) in [6.45, 7) is 22.7. The van der Waals surface area contributed by atoms with E-state index in [1.165, 1.54) is 44.9 Å². The van der Waals surface area contributed by atoms with Gasteiger partial charge in [0.15, 0.2) is 0 Å². The van der Waals surface area contributed by atoms with Crippen molar-refractivity contribution < 1.29 is 0 Å². The van der Waals surface area contributed by atoms with E-state index in [1.54, 1.807) is 27.8 Å². The summed E-state index contributed by atoms with van der Waals surface area (Å²) in [5, 5.41) is 0. The molecule has 29 heavy (non-hydrogen) atoms. The maximum Gasteiger partial charge on any atom is 0.00595 e. The van der Waals surface area contributed by atoms with Crippen LogP contribution in [0.25, 0.3) is 0 Å². The van der Waals surface area contributed by atoms with Crippen LogP contribution in [0.15, 0.2) is 23.8 Å². The molecule has 0 amide bonds. The Kier molecular flexibility index (Phi) is 10.7. The summed E-state index contributed by atoms with van der Waals surface area (Å²) in [5.74, 6) is 2.32. The van der Waals surface area contributed by atoms with Gasteiger partial charge < -0.3 is 0 Å². The fourth-order valence-corrected chi connectivity index (χ4v) is 4.95. The van der Waals surface area contributed by atoms with Gasteiger partial charge in [-0.1, -0.05) is 92.0 Å². The van der Waals surface area contributed by atoms with Gasteiger partial charge in [-0.25, -0.2) is 0 Å². The minimum atomic E-state index is 0.435. The Bertz CT molecular complexity index is 641. The fraction of sp³-hybridized carbons (Fsp3) is 0.724. The maximum atomic E-state index is 2.59. The van der Waals surface area contributed by atoms with Gasteiger partial charge in [0.2, 0.25) is 0 Å². The third-order valence-corrected chi connectivity index (χ3v) is 6.08. The molecule has 2 unspecified atom stereocenters. The molecule has 0 saturated carbocycles. The maximum absolute atomic E-state index is 2.59. The molecule has 0 heteroatoms. The molecule has 0 N–H and O–H groups in total. The molecular weight excluding hydrogens is 348 g/mol. The van der Waals surface area contributed by atoms with Crippen molar-refractivity contribution in [3.05, 3.63) is 46.0 Å². The Morgan fingerprint density at radius 1 is 1.03 bits per heavy atom. The van der Waals surface area contributed by atoms with Crippen LogP contribution in [-0.2, 0) is 12.8 Å². The minimum absolute atomic E-state index is 0.435. The van der Waals surface area contributed by atoms with Gasteiger partial charge in [-0.15, -0.1) is 0 Å². The van der Waals surface area contributed by atoms with Crippen LogP contribution in [-0.4, -0.2) is 0 Å². The molecule has 0 aromatic heterocycles. The highest BCUT2D eigenvalue weighted by Gasteiger charge is 2.42. The van der Waals surface area contributed by atoms with Crippen molar-refractivity contribution in [2.75, 3.05) is 0 Å². The summed E-state index contributed by atoms with van der Waals surface area (Å²) in [6.07, 6.45) is 11.6. The topological polar surface area (TPSA) is 0 Å². The zero-order chi connectivity index (χ0) is 22.2. The second-order valence-electron chi connectivity index (χ2n) is 10.9. The zero-order valence-electron chi connectivity index (χ0n) is 21.4. The van der Waals surface area contributed by atoms with Gasteiger partial charge >= 0.3 is 0 Å². The number of rotatable bonds is 3. The van der Waals surface area contributed by atoms with E-state index < -0.39 is 0 Å². The van der Waals surface area contributed by atoms with Crippen LogP contribution < -0.4 is 0 Å². The van der Waals surface area contributed by atoms with E-state index in [4.69, 9.17) is 0 Å². The predicted octanol–water partition coefficient (Wildman–Crippen LogP) is 9.44. The van der Waals surface area contributed by atoms with Gasteiger partial charge in [-0.2, -0.15) is 0 Å². The van der Waals surface area contributed by atoms with E-state index in [1.807, 2.05) is 0 Å². The highest BCUT2D eigenvalue weighted by Crippen LogP contribution is 2.53. The average molecular weight is 399 g/mol. The van der Waals surface area contributed by atoms with Crippen LogP contribution in [0.5, 0.6) is 0 Å². The summed E-state index contributed by atoms with van der Waals surface area (Å²) >= 11 is 0. The first-order valence-corrected chi connectivity index (χ1v) is 12.4. The molecule has 2 aliphatic carbocycles. The Morgan fingerprint density at radius 3 is 2.17 bits per heavy atom. The molecule has 2 atom stereocenters. The first-order chi connectivity index (χ1) is 13.6. The molecule has 3 rings (SSSR count). The summed E-state index contributed by atoms with van der Waals surface area (Å²) in [6, 6.07) is 5.01. The molecule has 0 heterocycles. The number of unbranched alkanes of at least 4 members (excludes halogenated alkanes) is 1. The monoisotopic (exact) mass is 398 g/mol. The zero-order valence-corrected chi connectivity index (χ0v) is 21.4. The average Bonchev–Trinajstić information content (AvgIpc) is 2.58. The first-order valence-electron chi connectivity index (χ1n) is 12.4. The minimum Gasteiger partial charge on any atom is -0.0778 e. The van der Waals surface area contributed by atoms with Gasteiger partial charge in [0.1, 0.15) is 0 Å². The Morgan fingerprint density at radius 2 is 1.62 bits per heavy atom. The van der Waals surface area contributed by atoms with Crippen LogP contribution in [0.1, 0.15) is 123 Å². The molecular formula is C29H50. The van der Waals surface area contributed by atoms with Gasteiger partial charge in [-0.3, -0.25) is 0 Å². The molecule has 0 aliphatic heterocycles. The lowest BCUT2D eigenvalue weighted by Crippen LogP contribution is -2.37. The number of hydrogen-bond acceptors (Lipinski definition) is 0. The molecule has 0 bridgehead atoms. The summed E-state index contributed by atoms with van der Waals surface area (Å²) in [7, 11) is 0. The Labute approximate surface area is 183 Å². The molecule has 2 aliphatic rings. The van der Waals surface area contributed by atoms with Gasteiger partial charge in [0, 0.05) is 5.92 Å². The van der Waals surface area contributed by atoms with Crippen LogP contribution in [0.4, 0.5) is 0 Å². The number of benzene rings is 1. The lowest BCUT2D eigenvalue weighted by atomic mass is 9.57. The van der Waals surface area contributed by atoms with Crippen molar-refractivity contribution in [1.29, 1.82) is 0 Å². The van der Waals surface area contributed by atoms with Crippen molar-refractivity contribution in [1.82, 2.24) is 0 Å². The van der Waals surface area contributed by atoms with Gasteiger partial charge in [0.05, 0.1) is 0 Å². The highest BCUT2D eigenvalue weighted by molar-refractivity contribution is 5.47.